The molecule has 0 radical (unpaired) electrons. The second-order valence-corrected chi connectivity index (χ2v) is 8.20. The molecule has 1 aliphatic heterocycles. The minimum atomic E-state index is -2.90. The minimum absolute atomic E-state index is 0.0458. The average Bonchev–Trinajstić information content (AvgIpc) is 3.19. The van der Waals surface area contributed by atoms with Gasteiger partial charge in [0.15, 0.2) is 9.84 Å². The van der Waals surface area contributed by atoms with E-state index in [0.29, 0.717) is 37.6 Å². The van der Waals surface area contributed by atoms with Crippen molar-refractivity contribution < 1.29 is 12.9 Å². The Labute approximate surface area is 142 Å². The summed E-state index contributed by atoms with van der Waals surface area (Å²) in [6, 6.07) is 9.71. The first-order chi connectivity index (χ1) is 11.6. The summed E-state index contributed by atoms with van der Waals surface area (Å²) >= 11 is 0. The normalized spacial score (nSPS) is 19.6. The maximum absolute atomic E-state index is 11.7. The standard InChI is InChI=1S/C17H21N3O3S/c1-2-10-20(15-9-12-24(21,22)13-15)11-8-16-18-17(19-23-16)14-6-4-3-5-7-14/h2-7,15H,1,8-13H2/t15-/m0/s1. The van der Waals surface area contributed by atoms with Crippen LogP contribution < -0.4 is 0 Å². The van der Waals surface area contributed by atoms with Crippen LogP contribution in [0.15, 0.2) is 47.5 Å². The third-order valence-corrected chi connectivity index (χ3v) is 5.95. The molecule has 2 heterocycles. The van der Waals surface area contributed by atoms with Gasteiger partial charge in [0, 0.05) is 31.1 Å². The van der Waals surface area contributed by atoms with E-state index < -0.39 is 9.84 Å². The van der Waals surface area contributed by atoms with Crippen LogP contribution in [-0.4, -0.2) is 54.1 Å². The molecule has 1 aromatic heterocycles. The molecule has 0 N–H and O–H groups in total. The molecule has 7 heteroatoms. The maximum Gasteiger partial charge on any atom is 0.228 e. The lowest BCUT2D eigenvalue weighted by Crippen LogP contribution is -2.37. The van der Waals surface area contributed by atoms with Gasteiger partial charge in [0.2, 0.25) is 11.7 Å². The third-order valence-electron chi connectivity index (χ3n) is 4.20. The summed E-state index contributed by atoms with van der Waals surface area (Å²) in [6.45, 7) is 5.09. The Morgan fingerprint density at radius 3 is 2.79 bits per heavy atom. The van der Waals surface area contributed by atoms with Gasteiger partial charge in [0.1, 0.15) is 0 Å². The fourth-order valence-electron chi connectivity index (χ4n) is 2.95. The summed E-state index contributed by atoms with van der Waals surface area (Å²) in [5.74, 6) is 1.62. The van der Waals surface area contributed by atoms with Crippen LogP contribution in [-0.2, 0) is 16.3 Å². The van der Waals surface area contributed by atoms with E-state index in [1.165, 1.54) is 0 Å². The number of aromatic nitrogens is 2. The molecule has 0 bridgehead atoms. The molecule has 1 saturated heterocycles. The molecule has 1 fully saturated rings. The molecule has 0 spiro atoms. The van der Waals surface area contributed by atoms with E-state index in [9.17, 15) is 8.42 Å². The van der Waals surface area contributed by atoms with E-state index in [4.69, 9.17) is 4.52 Å². The van der Waals surface area contributed by atoms with Crippen molar-refractivity contribution in [2.24, 2.45) is 0 Å². The Kier molecular flexibility index (Phi) is 5.11. The average molecular weight is 347 g/mol. The van der Waals surface area contributed by atoms with Gasteiger partial charge in [-0.2, -0.15) is 4.98 Å². The highest BCUT2D eigenvalue weighted by Crippen LogP contribution is 2.19. The number of hydrogen-bond acceptors (Lipinski definition) is 6. The highest BCUT2D eigenvalue weighted by molar-refractivity contribution is 7.91. The number of rotatable bonds is 7. The van der Waals surface area contributed by atoms with Gasteiger partial charge in [-0.25, -0.2) is 8.42 Å². The second-order valence-electron chi connectivity index (χ2n) is 5.97. The summed E-state index contributed by atoms with van der Waals surface area (Å²) in [5.41, 5.74) is 0.914. The number of hydrogen-bond donors (Lipinski definition) is 0. The van der Waals surface area contributed by atoms with Crippen molar-refractivity contribution >= 4 is 9.84 Å². The lowest BCUT2D eigenvalue weighted by Gasteiger charge is -2.25. The first kappa shape index (κ1) is 16.9. The van der Waals surface area contributed by atoms with E-state index in [1.54, 1.807) is 6.08 Å². The molecule has 0 amide bonds. The summed E-state index contributed by atoms with van der Waals surface area (Å²) in [6.07, 6.45) is 3.06. The van der Waals surface area contributed by atoms with Crippen molar-refractivity contribution in [2.45, 2.75) is 18.9 Å². The maximum atomic E-state index is 11.7. The Hall–Kier alpha value is -1.99. The molecule has 128 valence electrons. The van der Waals surface area contributed by atoms with Crippen LogP contribution in [0.5, 0.6) is 0 Å². The summed E-state index contributed by atoms with van der Waals surface area (Å²) < 4.78 is 28.7. The molecule has 0 unspecified atom stereocenters. The van der Waals surface area contributed by atoms with Crippen LogP contribution in [0.25, 0.3) is 11.4 Å². The van der Waals surface area contributed by atoms with E-state index >= 15 is 0 Å². The summed E-state index contributed by atoms with van der Waals surface area (Å²) in [4.78, 5) is 6.55. The van der Waals surface area contributed by atoms with E-state index in [1.807, 2.05) is 30.3 Å². The molecule has 0 aliphatic carbocycles. The van der Waals surface area contributed by atoms with E-state index in [2.05, 4.69) is 21.6 Å². The molecule has 24 heavy (non-hydrogen) atoms. The number of nitrogens with zero attached hydrogens (tertiary/aromatic N) is 3. The van der Waals surface area contributed by atoms with Gasteiger partial charge >= 0.3 is 0 Å². The SMILES string of the molecule is C=CCN(CCc1nc(-c2ccccc2)no1)[C@H]1CCS(=O)(=O)C1. The van der Waals surface area contributed by atoms with Crippen LogP contribution >= 0.6 is 0 Å². The van der Waals surface area contributed by atoms with Crippen molar-refractivity contribution in [1.82, 2.24) is 15.0 Å². The van der Waals surface area contributed by atoms with Crippen molar-refractivity contribution in [1.29, 1.82) is 0 Å². The highest BCUT2D eigenvalue weighted by Gasteiger charge is 2.31. The molecule has 2 aromatic rings. The fraction of sp³-hybridized carbons (Fsp3) is 0.412. The van der Waals surface area contributed by atoms with Crippen LogP contribution in [0.4, 0.5) is 0 Å². The van der Waals surface area contributed by atoms with Crippen molar-refractivity contribution in [3.63, 3.8) is 0 Å². The topological polar surface area (TPSA) is 76.3 Å². The second kappa shape index (κ2) is 7.27. The molecule has 3 rings (SSSR count). The Morgan fingerprint density at radius 1 is 1.33 bits per heavy atom. The summed E-state index contributed by atoms with van der Waals surface area (Å²) in [5, 5.41) is 4.01. The quantitative estimate of drug-likeness (QED) is 0.713. The van der Waals surface area contributed by atoms with Crippen LogP contribution in [0, 0.1) is 0 Å². The first-order valence-electron chi connectivity index (χ1n) is 8.01. The summed E-state index contributed by atoms with van der Waals surface area (Å²) in [7, 11) is -2.90. The zero-order valence-corrected chi connectivity index (χ0v) is 14.3. The van der Waals surface area contributed by atoms with Crippen LogP contribution in [0.2, 0.25) is 0 Å². The van der Waals surface area contributed by atoms with Gasteiger partial charge in [0.25, 0.3) is 0 Å². The van der Waals surface area contributed by atoms with Gasteiger partial charge in [-0.05, 0) is 6.42 Å². The van der Waals surface area contributed by atoms with E-state index in [0.717, 1.165) is 5.56 Å². The Morgan fingerprint density at radius 2 is 2.12 bits per heavy atom. The van der Waals surface area contributed by atoms with E-state index in [-0.39, 0.29) is 17.5 Å². The highest BCUT2D eigenvalue weighted by atomic mass is 32.2. The third kappa shape index (κ3) is 4.10. The van der Waals surface area contributed by atoms with Gasteiger partial charge in [-0.3, -0.25) is 4.90 Å². The minimum Gasteiger partial charge on any atom is -0.339 e. The molecule has 1 atom stereocenters. The predicted octanol–water partition coefficient (Wildman–Crippen LogP) is 1.95. The smallest absolute Gasteiger partial charge is 0.228 e. The molecule has 6 nitrogen and oxygen atoms in total. The van der Waals surface area contributed by atoms with Crippen LogP contribution in [0.3, 0.4) is 0 Å². The molecular formula is C17H21N3O3S. The Bertz CT molecular complexity index is 786. The zero-order valence-electron chi connectivity index (χ0n) is 13.5. The lowest BCUT2D eigenvalue weighted by atomic mass is 10.2. The molecule has 0 saturated carbocycles. The van der Waals surface area contributed by atoms with Gasteiger partial charge in [-0.1, -0.05) is 41.6 Å². The predicted molar refractivity (Wildman–Crippen MR) is 92.3 cm³/mol. The molecular weight excluding hydrogens is 326 g/mol. The number of benzene rings is 1. The van der Waals surface area contributed by atoms with Gasteiger partial charge in [0.05, 0.1) is 11.5 Å². The first-order valence-corrected chi connectivity index (χ1v) is 9.83. The lowest BCUT2D eigenvalue weighted by molar-refractivity contribution is 0.228. The number of sulfone groups is 1. The largest absolute Gasteiger partial charge is 0.339 e. The molecule has 1 aromatic carbocycles. The fourth-order valence-corrected chi connectivity index (χ4v) is 4.71. The van der Waals surface area contributed by atoms with Gasteiger partial charge < -0.3 is 4.52 Å². The van der Waals surface area contributed by atoms with Crippen molar-refractivity contribution in [3.8, 4) is 11.4 Å². The Balaban J connectivity index is 1.63. The van der Waals surface area contributed by atoms with Gasteiger partial charge in [-0.15, -0.1) is 6.58 Å². The van der Waals surface area contributed by atoms with Crippen LogP contribution in [0.1, 0.15) is 12.3 Å². The zero-order chi connectivity index (χ0) is 17.0. The monoisotopic (exact) mass is 347 g/mol. The van der Waals surface area contributed by atoms with Crippen molar-refractivity contribution in [2.75, 3.05) is 24.6 Å². The molecule has 1 aliphatic rings. The van der Waals surface area contributed by atoms with Crippen molar-refractivity contribution in [3.05, 3.63) is 48.9 Å².